The van der Waals surface area contributed by atoms with Crippen molar-refractivity contribution in [3.8, 4) is 0 Å². The van der Waals surface area contributed by atoms with Gasteiger partial charge in [-0.1, -0.05) is 0 Å². The number of amides is 1. The van der Waals surface area contributed by atoms with E-state index < -0.39 is 0 Å². The van der Waals surface area contributed by atoms with E-state index in [2.05, 4.69) is 14.3 Å². The van der Waals surface area contributed by atoms with Gasteiger partial charge in [0.25, 0.3) is 0 Å². The molecule has 0 bridgehead atoms. The molecular formula is C9H14N4OS. The van der Waals surface area contributed by atoms with Crippen molar-refractivity contribution >= 4 is 22.6 Å². The molecule has 0 radical (unpaired) electrons. The number of nitrogens with two attached hydrogens (primary N) is 1. The van der Waals surface area contributed by atoms with Gasteiger partial charge in [-0.15, -0.1) is 0 Å². The van der Waals surface area contributed by atoms with Gasteiger partial charge in [-0.3, -0.25) is 4.79 Å². The zero-order chi connectivity index (χ0) is 10.8. The van der Waals surface area contributed by atoms with Gasteiger partial charge in [-0.05, 0) is 19.8 Å². The van der Waals surface area contributed by atoms with E-state index >= 15 is 0 Å². The zero-order valence-corrected chi connectivity index (χ0v) is 9.46. The predicted octanol–water partition coefficient (Wildman–Crippen LogP) is 0.548. The summed E-state index contributed by atoms with van der Waals surface area (Å²) in [5, 5.41) is 0.954. The number of anilines is 1. The second-order valence-corrected chi connectivity index (χ2v) is 4.52. The first-order chi connectivity index (χ1) is 7.16. The molecule has 15 heavy (non-hydrogen) atoms. The van der Waals surface area contributed by atoms with E-state index in [1.807, 2.05) is 6.92 Å². The number of carbonyl (C=O) groups is 1. The lowest BCUT2D eigenvalue weighted by molar-refractivity contribution is -0.122. The van der Waals surface area contributed by atoms with E-state index in [-0.39, 0.29) is 11.8 Å². The van der Waals surface area contributed by atoms with Crippen LogP contribution in [0.15, 0.2) is 0 Å². The van der Waals surface area contributed by atoms with Gasteiger partial charge < -0.3 is 10.6 Å². The van der Waals surface area contributed by atoms with Crippen molar-refractivity contribution in [2.75, 3.05) is 18.0 Å². The molecule has 0 aromatic carbocycles. The van der Waals surface area contributed by atoms with Crippen molar-refractivity contribution in [3.05, 3.63) is 5.82 Å². The average Bonchev–Trinajstić information content (AvgIpc) is 2.65. The van der Waals surface area contributed by atoms with Crippen LogP contribution in [-0.4, -0.2) is 28.4 Å². The summed E-state index contributed by atoms with van der Waals surface area (Å²) in [6.45, 7) is 3.58. The summed E-state index contributed by atoms with van der Waals surface area (Å²) in [6, 6.07) is 0. The van der Waals surface area contributed by atoms with E-state index in [9.17, 15) is 4.79 Å². The molecule has 0 unspecified atom stereocenters. The quantitative estimate of drug-likeness (QED) is 0.799. The van der Waals surface area contributed by atoms with Crippen LogP contribution in [0.1, 0.15) is 18.7 Å². The highest BCUT2D eigenvalue weighted by atomic mass is 32.1. The summed E-state index contributed by atoms with van der Waals surface area (Å²) in [5.74, 6) is 0.672. The Bertz CT molecular complexity index is 357. The highest BCUT2D eigenvalue weighted by molar-refractivity contribution is 7.09. The van der Waals surface area contributed by atoms with Gasteiger partial charge in [0.05, 0.1) is 0 Å². The Hall–Kier alpha value is -1.17. The molecule has 2 heterocycles. The van der Waals surface area contributed by atoms with Crippen LogP contribution in [0.25, 0.3) is 0 Å². The summed E-state index contributed by atoms with van der Waals surface area (Å²) in [6.07, 6.45) is 1.65. The molecule has 1 fully saturated rings. The third-order valence-electron chi connectivity index (χ3n) is 2.68. The standard InChI is InChI=1S/C9H14N4OS/c1-6-11-9(15-12-6)13-4-2-7(3-5-13)8(10)14/h7H,2-5H2,1H3,(H2,10,14). The Labute approximate surface area is 92.5 Å². The van der Waals surface area contributed by atoms with Gasteiger partial charge >= 0.3 is 0 Å². The molecule has 0 spiro atoms. The first kappa shape index (κ1) is 10.4. The summed E-state index contributed by atoms with van der Waals surface area (Å²) in [5.41, 5.74) is 5.27. The third-order valence-corrected chi connectivity index (χ3v) is 3.55. The van der Waals surface area contributed by atoms with Crippen LogP contribution in [-0.2, 0) is 4.79 Å². The second kappa shape index (κ2) is 4.14. The number of aryl methyl sites for hydroxylation is 1. The van der Waals surface area contributed by atoms with Crippen LogP contribution in [0.3, 0.4) is 0 Å². The second-order valence-electron chi connectivity index (χ2n) is 3.79. The summed E-state index contributed by atoms with van der Waals surface area (Å²) >= 11 is 1.41. The van der Waals surface area contributed by atoms with Gasteiger partial charge in [0, 0.05) is 30.5 Å². The summed E-state index contributed by atoms with van der Waals surface area (Å²) in [4.78, 5) is 17.5. The van der Waals surface area contributed by atoms with Crippen LogP contribution in [0, 0.1) is 12.8 Å². The Morgan fingerprint density at radius 1 is 1.53 bits per heavy atom. The third kappa shape index (κ3) is 2.26. The van der Waals surface area contributed by atoms with Gasteiger partial charge in [-0.25, -0.2) is 4.98 Å². The molecule has 2 rings (SSSR count). The van der Waals surface area contributed by atoms with Crippen molar-refractivity contribution in [1.29, 1.82) is 0 Å². The molecule has 1 aliphatic heterocycles. The molecule has 1 aliphatic rings. The van der Waals surface area contributed by atoms with Crippen molar-refractivity contribution in [2.45, 2.75) is 19.8 Å². The molecule has 82 valence electrons. The van der Waals surface area contributed by atoms with E-state index in [0.29, 0.717) is 0 Å². The fraction of sp³-hybridized carbons (Fsp3) is 0.667. The summed E-state index contributed by atoms with van der Waals surface area (Å²) < 4.78 is 4.14. The average molecular weight is 226 g/mol. The normalized spacial score (nSPS) is 18.1. The number of carbonyl (C=O) groups excluding carboxylic acids is 1. The van der Waals surface area contributed by atoms with Crippen molar-refractivity contribution in [1.82, 2.24) is 9.36 Å². The predicted molar refractivity (Wildman–Crippen MR) is 58.8 cm³/mol. The minimum absolute atomic E-state index is 0.0373. The molecule has 0 aliphatic carbocycles. The van der Waals surface area contributed by atoms with E-state index in [4.69, 9.17) is 5.73 Å². The number of primary amides is 1. The lowest BCUT2D eigenvalue weighted by atomic mass is 9.97. The fourth-order valence-corrected chi connectivity index (χ4v) is 2.50. The monoisotopic (exact) mass is 226 g/mol. The number of nitrogens with zero attached hydrogens (tertiary/aromatic N) is 3. The molecule has 1 amide bonds. The minimum atomic E-state index is -0.178. The number of aromatic nitrogens is 2. The van der Waals surface area contributed by atoms with Crippen LogP contribution < -0.4 is 10.6 Å². The highest BCUT2D eigenvalue weighted by Gasteiger charge is 2.24. The van der Waals surface area contributed by atoms with Crippen molar-refractivity contribution < 1.29 is 4.79 Å². The lowest BCUT2D eigenvalue weighted by Gasteiger charge is -2.29. The molecule has 0 atom stereocenters. The van der Waals surface area contributed by atoms with Gasteiger partial charge in [0.15, 0.2) is 0 Å². The molecule has 1 aromatic rings. The van der Waals surface area contributed by atoms with Crippen LogP contribution in [0.2, 0.25) is 0 Å². The maximum Gasteiger partial charge on any atom is 0.220 e. The van der Waals surface area contributed by atoms with E-state index in [1.54, 1.807) is 0 Å². The van der Waals surface area contributed by atoms with Crippen molar-refractivity contribution in [3.63, 3.8) is 0 Å². The van der Waals surface area contributed by atoms with Crippen LogP contribution >= 0.6 is 11.5 Å². The highest BCUT2D eigenvalue weighted by Crippen LogP contribution is 2.24. The summed E-state index contributed by atoms with van der Waals surface area (Å²) in [7, 11) is 0. The zero-order valence-electron chi connectivity index (χ0n) is 8.64. The van der Waals surface area contributed by atoms with Gasteiger partial charge in [0.2, 0.25) is 11.0 Å². The Morgan fingerprint density at radius 2 is 2.20 bits per heavy atom. The number of rotatable bonds is 2. The Balaban J connectivity index is 1.96. The SMILES string of the molecule is Cc1nsc(N2CCC(C(N)=O)CC2)n1. The van der Waals surface area contributed by atoms with E-state index in [0.717, 1.165) is 36.9 Å². The maximum absolute atomic E-state index is 11.0. The Morgan fingerprint density at radius 3 is 2.67 bits per heavy atom. The molecule has 6 heteroatoms. The van der Waals surface area contributed by atoms with Gasteiger partial charge in [0.1, 0.15) is 5.82 Å². The maximum atomic E-state index is 11.0. The van der Waals surface area contributed by atoms with Gasteiger partial charge in [-0.2, -0.15) is 4.37 Å². The molecule has 2 N–H and O–H groups in total. The van der Waals surface area contributed by atoms with Crippen molar-refractivity contribution in [2.24, 2.45) is 11.7 Å². The topological polar surface area (TPSA) is 72.1 Å². The minimum Gasteiger partial charge on any atom is -0.369 e. The largest absolute Gasteiger partial charge is 0.369 e. The molecule has 5 nitrogen and oxygen atoms in total. The first-order valence-corrected chi connectivity index (χ1v) is 5.78. The Kier molecular flexibility index (Phi) is 2.86. The molecule has 1 aromatic heterocycles. The first-order valence-electron chi connectivity index (χ1n) is 5.01. The van der Waals surface area contributed by atoms with Crippen LogP contribution in [0.5, 0.6) is 0 Å². The molecule has 0 saturated carbocycles. The number of hydrogen-bond donors (Lipinski definition) is 1. The number of piperidine rings is 1. The fourth-order valence-electron chi connectivity index (χ4n) is 1.77. The molecular weight excluding hydrogens is 212 g/mol. The van der Waals surface area contributed by atoms with E-state index in [1.165, 1.54) is 11.5 Å². The van der Waals surface area contributed by atoms with Crippen LogP contribution in [0.4, 0.5) is 5.13 Å². The number of hydrogen-bond acceptors (Lipinski definition) is 5. The lowest BCUT2D eigenvalue weighted by Crippen LogP contribution is -2.38. The molecule has 1 saturated heterocycles. The smallest absolute Gasteiger partial charge is 0.220 e.